The summed E-state index contributed by atoms with van der Waals surface area (Å²) in [6, 6.07) is 20.4. The van der Waals surface area contributed by atoms with E-state index >= 15 is 0 Å². The number of piperazine rings is 1. The van der Waals surface area contributed by atoms with Gasteiger partial charge in [0, 0.05) is 31.7 Å². The molecule has 1 aromatic heterocycles. The van der Waals surface area contributed by atoms with E-state index in [1.165, 1.54) is 11.1 Å². The van der Waals surface area contributed by atoms with Gasteiger partial charge in [-0.1, -0.05) is 54.1 Å². The first-order valence-corrected chi connectivity index (χ1v) is 10.1. The van der Waals surface area contributed by atoms with Gasteiger partial charge in [0.15, 0.2) is 5.82 Å². The smallest absolute Gasteiger partial charge is 0.227 e. The van der Waals surface area contributed by atoms with Crippen LogP contribution < -0.4 is 4.90 Å². The van der Waals surface area contributed by atoms with Gasteiger partial charge in [0.25, 0.3) is 0 Å². The molecule has 148 valence electrons. The number of benzene rings is 2. The molecule has 29 heavy (non-hydrogen) atoms. The molecule has 0 saturated carbocycles. The van der Waals surface area contributed by atoms with Crippen molar-refractivity contribution < 1.29 is 4.79 Å². The average molecular weight is 386 g/mol. The van der Waals surface area contributed by atoms with Crippen molar-refractivity contribution in [2.75, 3.05) is 31.1 Å². The molecular weight excluding hydrogens is 360 g/mol. The molecule has 0 spiro atoms. The molecule has 0 N–H and O–H groups in total. The van der Waals surface area contributed by atoms with Crippen molar-refractivity contribution in [3.05, 3.63) is 77.4 Å². The van der Waals surface area contributed by atoms with Crippen LogP contribution in [0.25, 0.3) is 11.3 Å². The Morgan fingerprint density at radius 1 is 0.862 bits per heavy atom. The predicted molar refractivity (Wildman–Crippen MR) is 116 cm³/mol. The van der Waals surface area contributed by atoms with Crippen molar-refractivity contribution in [3.63, 3.8) is 0 Å². The highest BCUT2D eigenvalue weighted by atomic mass is 16.2. The van der Waals surface area contributed by atoms with E-state index in [1.54, 1.807) is 0 Å². The van der Waals surface area contributed by atoms with Crippen LogP contribution in [-0.4, -0.2) is 47.2 Å². The molecule has 1 aliphatic rings. The summed E-state index contributed by atoms with van der Waals surface area (Å²) in [5, 5.41) is 8.82. The second kappa shape index (κ2) is 8.43. The SMILES string of the molecule is Cc1ccc(-c2ccc(N3CCN(C(=O)Cc4ccccc4C)CC3)nn2)cc1. The minimum absolute atomic E-state index is 0.194. The van der Waals surface area contributed by atoms with Gasteiger partial charge in [0.1, 0.15) is 0 Å². The maximum atomic E-state index is 12.7. The Hall–Kier alpha value is -3.21. The van der Waals surface area contributed by atoms with E-state index < -0.39 is 0 Å². The van der Waals surface area contributed by atoms with Gasteiger partial charge >= 0.3 is 0 Å². The summed E-state index contributed by atoms with van der Waals surface area (Å²) in [6.45, 7) is 7.11. The van der Waals surface area contributed by atoms with E-state index in [9.17, 15) is 4.79 Å². The van der Waals surface area contributed by atoms with Crippen molar-refractivity contribution in [2.45, 2.75) is 20.3 Å². The van der Waals surface area contributed by atoms with Crippen molar-refractivity contribution in [3.8, 4) is 11.3 Å². The Bertz CT molecular complexity index is 975. The maximum absolute atomic E-state index is 12.7. The highest BCUT2D eigenvalue weighted by Gasteiger charge is 2.22. The van der Waals surface area contributed by atoms with Crippen LogP contribution in [0.3, 0.4) is 0 Å². The minimum Gasteiger partial charge on any atom is -0.352 e. The van der Waals surface area contributed by atoms with E-state index in [2.05, 4.69) is 59.3 Å². The summed E-state index contributed by atoms with van der Waals surface area (Å²) in [5.41, 5.74) is 5.45. The van der Waals surface area contributed by atoms with Crippen LogP contribution in [0.2, 0.25) is 0 Å². The monoisotopic (exact) mass is 386 g/mol. The number of carbonyl (C=O) groups excluding carboxylic acids is 1. The van der Waals surface area contributed by atoms with E-state index in [4.69, 9.17) is 0 Å². The Balaban J connectivity index is 1.35. The van der Waals surface area contributed by atoms with Crippen molar-refractivity contribution >= 4 is 11.7 Å². The van der Waals surface area contributed by atoms with Gasteiger partial charge in [-0.2, -0.15) is 0 Å². The first-order chi connectivity index (χ1) is 14.1. The topological polar surface area (TPSA) is 49.3 Å². The largest absolute Gasteiger partial charge is 0.352 e. The second-order valence-electron chi connectivity index (χ2n) is 7.61. The molecule has 1 fully saturated rings. The van der Waals surface area contributed by atoms with Crippen LogP contribution in [0.5, 0.6) is 0 Å². The highest BCUT2D eigenvalue weighted by molar-refractivity contribution is 5.79. The summed E-state index contributed by atoms with van der Waals surface area (Å²) in [7, 11) is 0. The fourth-order valence-electron chi connectivity index (χ4n) is 3.64. The Morgan fingerprint density at radius 2 is 1.59 bits per heavy atom. The molecule has 1 amide bonds. The van der Waals surface area contributed by atoms with Crippen LogP contribution in [0, 0.1) is 13.8 Å². The summed E-state index contributed by atoms with van der Waals surface area (Å²) < 4.78 is 0. The summed E-state index contributed by atoms with van der Waals surface area (Å²) >= 11 is 0. The number of rotatable bonds is 4. The van der Waals surface area contributed by atoms with Crippen LogP contribution in [0.15, 0.2) is 60.7 Å². The normalized spacial score (nSPS) is 14.1. The maximum Gasteiger partial charge on any atom is 0.227 e. The Kier molecular flexibility index (Phi) is 5.56. The van der Waals surface area contributed by atoms with E-state index in [1.807, 2.05) is 35.2 Å². The zero-order chi connectivity index (χ0) is 20.2. The van der Waals surface area contributed by atoms with Crippen molar-refractivity contribution in [2.24, 2.45) is 0 Å². The van der Waals surface area contributed by atoms with Crippen molar-refractivity contribution in [1.82, 2.24) is 15.1 Å². The van der Waals surface area contributed by atoms with Gasteiger partial charge in [-0.3, -0.25) is 4.79 Å². The molecule has 0 bridgehead atoms. The Morgan fingerprint density at radius 3 is 2.24 bits per heavy atom. The highest BCUT2D eigenvalue weighted by Crippen LogP contribution is 2.20. The molecule has 5 nitrogen and oxygen atoms in total. The van der Waals surface area contributed by atoms with Crippen LogP contribution >= 0.6 is 0 Å². The first kappa shape index (κ1) is 19.1. The summed E-state index contributed by atoms with van der Waals surface area (Å²) in [4.78, 5) is 16.8. The van der Waals surface area contributed by atoms with E-state index in [0.29, 0.717) is 19.5 Å². The number of hydrogen-bond acceptors (Lipinski definition) is 4. The van der Waals surface area contributed by atoms with Crippen LogP contribution in [0.1, 0.15) is 16.7 Å². The van der Waals surface area contributed by atoms with Gasteiger partial charge in [0.2, 0.25) is 5.91 Å². The lowest BCUT2D eigenvalue weighted by Crippen LogP contribution is -2.49. The molecule has 4 rings (SSSR count). The lowest BCUT2D eigenvalue weighted by atomic mass is 10.1. The minimum atomic E-state index is 0.194. The zero-order valence-corrected chi connectivity index (χ0v) is 17.0. The van der Waals surface area contributed by atoms with E-state index in [0.717, 1.165) is 35.7 Å². The van der Waals surface area contributed by atoms with Gasteiger partial charge < -0.3 is 9.80 Å². The van der Waals surface area contributed by atoms with Gasteiger partial charge in [-0.15, -0.1) is 10.2 Å². The fourth-order valence-corrected chi connectivity index (χ4v) is 3.64. The number of carbonyl (C=O) groups is 1. The molecule has 3 aromatic rings. The third-order valence-electron chi connectivity index (χ3n) is 5.56. The summed E-state index contributed by atoms with van der Waals surface area (Å²) in [6.07, 6.45) is 0.470. The molecule has 5 heteroatoms. The molecule has 1 saturated heterocycles. The standard InChI is InChI=1S/C24H26N4O/c1-18-7-9-20(10-8-18)22-11-12-23(26-25-22)27-13-15-28(16-14-27)24(29)17-21-6-4-3-5-19(21)2/h3-12H,13-17H2,1-2H3. The lowest BCUT2D eigenvalue weighted by molar-refractivity contribution is -0.130. The molecular formula is C24H26N4O. The molecule has 2 heterocycles. The number of aromatic nitrogens is 2. The number of nitrogens with zero attached hydrogens (tertiary/aromatic N) is 4. The zero-order valence-electron chi connectivity index (χ0n) is 17.0. The molecule has 0 unspecified atom stereocenters. The van der Waals surface area contributed by atoms with Gasteiger partial charge in [0.05, 0.1) is 12.1 Å². The van der Waals surface area contributed by atoms with Crippen molar-refractivity contribution in [1.29, 1.82) is 0 Å². The number of aryl methyl sites for hydroxylation is 2. The number of amides is 1. The first-order valence-electron chi connectivity index (χ1n) is 10.1. The third kappa shape index (κ3) is 4.45. The van der Waals surface area contributed by atoms with E-state index in [-0.39, 0.29) is 5.91 Å². The second-order valence-corrected chi connectivity index (χ2v) is 7.61. The van der Waals surface area contributed by atoms with Gasteiger partial charge in [-0.05, 0) is 37.1 Å². The Labute approximate surface area is 172 Å². The molecule has 0 aliphatic carbocycles. The summed E-state index contributed by atoms with van der Waals surface area (Å²) in [5.74, 6) is 1.06. The van der Waals surface area contributed by atoms with Crippen LogP contribution in [0.4, 0.5) is 5.82 Å². The number of anilines is 1. The van der Waals surface area contributed by atoms with Gasteiger partial charge in [-0.25, -0.2) is 0 Å². The molecule has 0 radical (unpaired) electrons. The fraction of sp³-hybridized carbons (Fsp3) is 0.292. The third-order valence-corrected chi connectivity index (χ3v) is 5.56. The predicted octanol–water partition coefficient (Wildman–Crippen LogP) is 3.65. The molecule has 2 aromatic carbocycles. The molecule has 1 aliphatic heterocycles. The molecule has 0 atom stereocenters. The van der Waals surface area contributed by atoms with Crippen LogP contribution in [-0.2, 0) is 11.2 Å². The number of hydrogen-bond donors (Lipinski definition) is 0. The lowest BCUT2D eigenvalue weighted by Gasteiger charge is -2.35. The quantitative estimate of drug-likeness (QED) is 0.687. The average Bonchev–Trinajstić information content (AvgIpc) is 2.76.